The molecule has 0 aliphatic heterocycles. The molecule has 0 radical (unpaired) electrons. The van der Waals surface area contributed by atoms with E-state index >= 15 is 0 Å². The largest absolute Gasteiger partial charge is 0.412 e. The van der Waals surface area contributed by atoms with E-state index in [0.717, 1.165) is 4.57 Å². The number of rotatable bonds is 1. The molecule has 1 aliphatic rings. The fourth-order valence-electron chi connectivity index (χ4n) is 2.29. The van der Waals surface area contributed by atoms with Gasteiger partial charge in [0.25, 0.3) is 0 Å². The topological polar surface area (TPSA) is 43.8 Å². The van der Waals surface area contributed by atoms with Gasteiger partial charge in [-0.2, -0.15) is 13.2 Å². The molecule has 8 heteroatoms. The lowest BCUT2D eigenvalue weighted by Crippen LogP contribution is -2.35. The van der Waals surface area contributed by atoms with Crippen LogP contribution in [-0.4, -0.2) is 15.7 Å². The number of anilines is 1. The zero-order valence-corrected chi connectivity index (χ0v) is 10.9. The second-order valence-corrected chi connectivity index (χ2v) is 5.40. The summed E-state index contributed by atoms with van der Waals surface area (Å²) < 4.78 is 40.6. The number of benzene rings is 1. The molecule has 1 fully saturated rings. The van der Waals surface area contributed by atoms with E-state index < -0.39 is 11.7 Å². The Kier molecular flexibility index (Phi) is 2.51. The third-order valence-corrected chi connectivity index (χ3v) is 4.12. The number of nitrogens with zero attached hydrogens (tertiary/aromatic N) is 2. The van der Waals surface area contributed by atoms with Crippen LogP contribution in [0.15, 0.2) is 12.1 Å². The second kappa shape index (κ2) is 3.70. The van der Waals surface area contributed by atoms with Crippen molar-refractivity contribution in [2.75, 3.05) is 5.73 Å². The van der Waals surface area contributed by atoms with E-state index in [1.165, 1.54) is 12.1 Å². The summed E-state index contributed by atoms with van der Waals surface area (Å²) in [5.41, 5.74) is 4.25. The number of alkyl halides is 3. The summed E-state index contributed by atoms with van der Waals surface area (Å²) in [7, 11) is 0. The van der Waals surface area contributed by atoms with Crippen molar-refractivity contribution in [2.24, 2.45) is 0 Å². The SMILES string of the molecule is Nc1nc2cc(Cl)c(Cl)cc2n1C1(C(F)(F)F)CC1. The molecule has 0 amide bonds. The van der Waals surface area contributed by atoms with Crippen LogP contribution in [0.2, 0.25) is 10.0 Å². The number of nitrogen functional groups attached to an aromatic ring is 1. The minimum Gasteiger partial charge on any atom is -0.369 e. The van der Waals surface area contributed by atoms with Gasteiger partial charge in [0.2, 0.25) is 5.95 Å². The van der Waals surface area contributed by atoms with Crippen LogP contribution in [0, 0.1) is 0 Å². The number of hydrogen-bond acceptors (Lipinski definition) is 2. The summed E-state index contributed by atoms with van der Waals surface area (Å²) >= 11 is 11.7. The van der Waals surface area contributed by atoms with Crippen LogP contribution in [0.5, 0.6) is 0 Å². The van der Waals surface area contributed by atoms with E-state index in [1.54, 1.807) is 0 Å². The van der Waals surface area contributed by atoms with Gasteiger partial charge in [0.15, 0.2) is 0 Å². The second-order valence-electron chi connectivity index (χ2n) is 4.59. The van der Waals surface area contributed by atoms with Crippen LogP contribution in [-0.2, 0) is 5.54 Å². The number of hydrogen-bond donors (Lipinski definition) is 1. The Morgan fingerprint density at radius 3 is 2.32 bits per heavy atom. The predicted molar refractivity (Wildman–Crippen MR) is 67.4 cm³/mol. The molecule has 0 bridgehead atoms. The van der Waals surface area contributed by atoms with Crippen molar-refractivity contribution in [3.8, 4) is 0 Å². The van der Waals surface area contributed by atoms with E-state index in [9.17, 15) is 13.2 Å². The van der Waals surface area contributed by atoms with Crippen LogP contribution in [0.4, 0.5) is 19.1 Å². The maximum Gasteiger partial charge on any atom is 0.412 e. The normalized spacial score (nSPS) is 17.9. The number of nitrogens with two attached hydrogens (primary N) is 1. The van der Waals surface area contributed by atoms with E-state index in [1.807, 2.05) is 0 Å². The highest BCUT2D eigenvalue weighted by Gasteiger charge is 2.65. The average molecular weight is 310 g/mol. The maximum absolute atomic E-state index is 13.2. The average Bonchev–Trinajstić information content (AvgIpc) is 3.01. The summed E-state index contributed by atoms with van der Waals surface area (Å²) in [6, 6.07) is 2.78. The summed E-state index contributed by atoms with van der Waals surface area (Å²) in [5.74, 6) is -0.178. The lowest BCUT2D eigenvalue weighted by Gasteiger charge is -2.22. The molecule has 1 aromatic heterocycles. The van der Waals surface area contributed by atoms with Crippen molar-refractivity contribution >= 4 is 40.2 Å². The lowest BCUT2D eigenvalue weighted by atomic mass is 10.2. The van der Waals surface area contributed by atoms with Crippen LogP contribution in [0.1, 0.15) is 12.8 Å². The van der Waals surface area contributed by atoms with Gasteiger partial charge in [-0.25, -0.2) is 4.98 Å². The fourth-order valence-corrected chi connectivity index (χ4v) is 2.61. The van der Waals surface area contributed by atoms with Crippen molar-refractivity contribution in [1.82, 2.24) is 9.55 Å². The van der Waals surface area contributed by atoms with Gasteiger partial charge in [0, 0.05) is 0 Å². The van der Waals surface area contributed by atoms with Crippen molar-refractivity contribution in [2.45, 2.75) is 24.6 Å². The molecule has 1 heterocycles. The zero-order chi connectivity index (χ0) is 14.0. The number of aromatic nitrogens is 2. The molecule has 0 saturated heterocycles. The van der Waals surface area contributed by atoms with Gasteiger partial charge in [-0.3, -0.25) is 4.57 Å². The summed E-state index contributed by atoms with van der Waals surface area (Å²) in [6.45, 7) is 0. The van der Waals surface area contributed by atoms with Crippen LogP contribution < -0.4 is 5.73 Å². The Bertz CT molecular complexity index is 674. The molecule has 2 aromatic rings. The van der Waals surface area contributed by atoms with E-state index in [0.29, 0.717) is 5.52 Å². The Morgan fingerprint density at radius 2 is 1.79 bits per heavy atom. The smallest absolute Gasteiger partial charge is 0.369 e. The van der Waals surface area contributed by atoms with Crippen LogP contribution in [0.25, 0.3) is 11.0 Å². The summed E-state index contributed by atoms with van der Waals surface area (Å²) in [4.78, 5) is 3.93. The van der Waals surface area contributed by atoms with Gasteiger partial charge in [-0.1, -0.05) is 23.2 Å². The Balaban J connectivity index is 2.31. The molecular formula is C11H8Cl2F3N3. The highest BCUT2D eigenvalue weighted by molar-refractivity contribution is 6.42. The Labute approximate surface area is 116 Å². The van der Waals surface area contributed by atoms with Crippen LogP contribution >= 0.6 is 23.2 Å². The first-order chi connectivity index (χ1) is 8.76. The number of imidazole rings is 1. The standard InChI is InChI=1S/C11H8Cl2F3N3/c12-5-3-7-8(4-6(5)13)19(9(17)18-7)10(1-2-10)11(14,15)16/h3-4H,1-2H2,(H2,17,18). The van der Waals surface area contributed by atoms with Crippen molar-refractivity contribution in [3.63, 3.8) is 0 Å². The van der Waals surface area contributed by atoms with Crippen LogP contribution in [0.3, 0.4) is 0 Å². The molecule has 1 aliphatic carbocycles. The van der Waals surface area contributed by atoms with Gasteiger partial charge in [-0.05, 0) is 25.0 Å². The van der Waals surface area contributed by atoms with E-state index in [2.05, 4.69) is 4.98 Å². The maximum atomic E-state index is 13.2. The molecule has 3 rings (SSSR count). The third-order valence-electron chi connectivity index (χ3n) is 3.40. The molecule has 1 saturated carbocycles. The highest BCUT2D eigenvalue weighted by atomic mass is 35.5. The molecule has 0 spiro atoms. The monoisotopic (exact) mass is 309 g/mol. The fraction of sp³-hybridized carbons (Fsp3) is 0.364. The van der Waals surface area contributed by atoms with Gasteiger partial charge in [-0.15, -0.1) is 0 Å². The predicted octanol–water partition coefficient (Wildman–Crippen LogP) is 3.98. The van der Waals surface area contributed by atoms with Gasteiger partial charge < -0.3 is 5.73 Å². The minimum absolute atomic E-state index is 0.00753. The van der Waals surface area contributed by atoms with Gasteiger partial charge in [0.1, 0.15) is 5.54 Å². The lowest BCUT2D eigenvalue weighted by molar-refractivity contribution is -0.178. The van der Waals surface area contributed by atoms with Crippen molar-refractivity contribution < 1.29 is 13.2 Å². The molecule has 1 aromatic carbocycles. The highest BCUT2D eigenvalue weighted by Crippen LogP contribution is 2.57. The first-order valence-corrected chi connectivity index (χ1v) is 6.22. The molecular weight excluding hydrogens is 302 g/mol. The molecule has 2 N–H and O–H groups in total. The first-order valence-electron chi connectivity index (χ1n) is 5.46. The zero-order valence-electron chi connectivity index (χ0n) is 9.43. The molecule has 102 valence electrons. The number of fused-ring (bicyclic) bond motifs is 1. The Morgan fingerprint density at radius 1 is 1.21 bits per heavy atom. The quantitative estimate of drug-likeness (QED) is 0.866. The van der Waals surface area contributed by atoms with E-state index in [4.69, 9.17) is 28.9 Å². The summed E-state index contributed by atoms with van der Waals surface area (Å²) in [6.07, 6.45) is -4.39. The molecule has 3 nitrogen and oxygen atoms in total. The molecule has 0 atom stereocenters. The molecule has 0 unspecified atom stereocenters. The third kappa shape index (κ3) is 1.70. The van der Waals surface area contributed by atoms with Crippen molar-refractivity contribution in [3.05, 3.63) is 22.2 Å². The Hall–Kier alpha value is -1.14. The van der Waals surface area contributed by atoms with E-state index in [-0.39, 0.29) is 34.4 Å². The van der Waals surface area contributed by atoms with Crippen molar-refractivity contribution in [1.29, 1.82) is 0 Å². The first kappa shape index (κ1) is 12.9. The molecule has 19 heavy (non-hydrogen) atoms. The minimum atomic E-state index is -4.37. The van der Waals surface area contributed by atoms with Gasteiger partial charge in [0.05, 0.1) is 21.1 Å². The summed E-state index contributed by atoms with van der Waals surface area (Å²) in [5, 5.41) is 0.406. The number of halogens is 5. The van der Waals surface area contributed by atoms with Gasteiger partial charge >= 0.3 is 6.18 Å².